The molecule has 7 nitrogen and oxygen atoms in total. The zero-order chi connectivity index (χ0) is 30.9. The van der Waals surface area contributed by atoms with Crippen LogP contribution in [-0.4, -0.2) is 38.1 Å². The van der Waals surface area contributed by atoms with Crippen LogP contribution in [0.1, 0.15) is 150 Å². The van der Waals surface area contributed by atoms with Crippen molar-refractivity contribution in [1.82, 2.24) is 0 Å². The Kier molecular flexibility index (Phi) is 27.0. The number of hydrogen-bond donors (Lipinski definition) is 0. The Morgan fingerprint density at radius 3 is 1.53 bits per heavy atom. The Bertz CT molecular complexity index is 1050. The molecule has 1 aromatic rings. The summed E-state index contributed by atoms with van der Waals surface area (Å²) in [5.41, 5.74) is -0.863. The van der Waals surface area contributed by atoms with Gasteiger partial charge in [0.2, 0.25) is 0 Å². The van der Waals surface area contributed by atoms with Crippen LogP contribution in [0, 0.1) is 0 Å². The van der Waals surface area contributed by atoms with Crippen LogP contribution in [-0.2, 0) is 19.6 Å². The fourth-order valence-electron chi connectivity index (χ4n) is 4.62. The average Bonchev–Trinajstić information content (AvgIpc) is 2.97. The standard InChI is InChI=1S/C34H54O7S.K/c1-3-5-7-9-11-13-15-17-19-21-23-28-40-33(35)30-26-25-27-31(42(37,38)39)32(30)34(36)41-29-24-22-20-18-16-14-12-10-8-6-4-2;/h19-22,25-27H,3-18,23-24,28-29H2,1-2H3,(H,37,38,39);/q;+1/p-1/b21-19+,22-20+;. The third-order valence-corrected chi connectivity index (χ3v) is 7.92. The molecule has 0 saturated heterocycles. The quantitative estimate of drug-likeness (QED) is 0.0417. The van der Waals surface area contributed by atoms with Gasteiger partial charge in [0, 0.05) is 0 Å². The van der Waals surface area contributed by atoms with Crippen molar-refractivity contribution < 1.29 is 83.4 Å². The van der Waals surface area contributed by atoms with Crippen molar-refractivity contribution in [3.8, 4) is 0 Å². The third kappa shape index (κ3) is 20.8. The van der Waals surface area contributed by atoms with Crippen LogP contribution in [0.15, 0.2) is 47.4 Å². The van der Waals surface area contributed by atoms with Gasteiger partial charge in [-0.05, 0) is 50.7 Å². The molecule has 43 heavy (non-hydrogen) atoms. The van der Waals surface area contributed by atoms with Gasteiger partial charge in [-0.3, -0.25) is 0 Å². The Morgan fingerprint density at radius 1 is 0.651 bits per heavy atom. The molecule has 0 bridgehead atoms. The van der Waals surface area contributed by atoms with Gasteiger partial charge in [0.25, 0.3) is 0 Å². The van der Waals surface area contributed by atoms with Crippen molar-refractivity contribution in [2.45, 2.75) is 134 Å². The molecule has 0 fully saturated rings. The van der Waals surface area contributed by atoms with Gasteiger partial charge in [-0.25, -0.2) is 18.0 Å². The minimum atomic E-state index is -5.02. The molecule has 0 aromatic heterocycles. The molecule has 0 aliphatic heterocycles. The summed E-state index contributed by atoms with van der Waals surface area (Å²) in [7, 11) is -5.02. The molecule has 0 saturated carbocycles. The van der Waals surface area contributed by atoms with Crippen LogP contribution in [0.2, 0.25) is 0 Å². The van der Waals surface area contributed by atoms with Gasteiger partial charge in [0.15, 0.2) is 0 Å². The van der Waals surface area contributed by atoms with E-state index in [1.54, 1.807) is 0 Å². The van der Waals surface area contributed by atoms with Crippen LogP contribution >= 0.6 is 0 Å². The first-order chi connectivity index (χ1) is 20.3. The number of unbranched alkanes of at least 4 members (excludes halogenated alkanes) is 14. The molecule has 1 rings (SSSR count). The molecule has 1 aromatic carbocycles. The van der Waals surface area contributed by atoms with E-state index in [0.717, 1.165) is 31.7 Å². The topological polar surface area (TPSA) is 110 Å². The van der Waals surface area contributed by atoms with Crippen molar-refractivity contribution in [3.63, 3.8) is 0 Å². The van der Waals surface area contributed by atoms with E-state index in [-0.39, 0.29) is 70.2 Å². The summed E-state index contributed by atoms with van der Waals surface area (Å²) in [5, 5.41) is 0. The van der Waals surface area contributed by atoms with Crippen molar-refractivity contribution in [2.24, 2.45) is 0 Å². The Labute approximate surface area is 303 Å². The smallest absolute Gasteiger partial charge is 0.744 e. The molecule has 0 radical (unpaired) electrons. The van der Waals surface area contributed by atoms with E-state index in [9.17, 15) is 22.6 Å². The number of rotatable bonds is 25. The van der Waals surface area contributed by atoms with E-state index in [1.807, 2.05) is 18.2 Å². The second-order valence-electron chi connectivity index (χ2n) is 10.7. The van der Waals surface area contributed by atoms with Crippen LogP contribution in [0.4, 0.5) is 0 Å². The Balaban J connectivity index is 0.0000176. The second-order valence-corrected chi connectivity index (χ2v) is 12.1. The first kappa shape index (κ1) is 42.2. The van der Waals surface area contributed by atoms with Crippen LogP contribution in [0.3, 0.4) is 0 Å². The van der Waals surface area contributed by atoms with E-state index >= 15 is 0 Å². The van der Waals surface area contributed by atoms with Crippen LogP contribution in [0.5, 0.6) is 0 Å². The molecule has 0 aliphatic rings. The van der Waals surface area contributed by atoms with Gasteiger partial charge in [-0.1, -0.05) is 121 Å². The monoisotopic (exact) mass is 644 g/mol. The van der Waals surface area contributed by atoms with Crippen molar-refractivity contribution in [1.29, 1.82) is 0 Å². The van der Waals surface area contributed by atoms with E-state index in [0.29, 0.717) is 12.8 Å². The maximum atomic E-state index is 12.8. The van der Waals surface area contributed by atoms with Gasteiger partial charge in [0.05, 0.1) is 29.2 Å². The summed E-state index contributed by atoms with van der Waals surface area (Å²) in [6.45, 7) is 4.48. The number of ether oxygens (including phenoxy) is 2. The molecule has 0 atom stereocenters. The summed E-state index contributed by atoms with van der Waals surface area (Å²) in [4.78, 5) is 24.8. The van der Waals surface area contributed by atoms with E-state index in [4.69, 9.17) is 9.47 Å². The van der Waals surface area contributed by atoms with Crippen LogP contribution < -0.4 is 51.4 Å². The number of carbonyl (C=O) groups excluding carboxylic acids is 2. The minimum Gasteiger partial charge on any atom is -0.744 e. The average molecular weight is 645 g/mol. The SMILES string of the molecule is CCCCCCCCC/C=C/CCOC(=O)c1cccc(S(=O)(=O)[O-])c1C(=O)OCC/C=C/CCCCCCCCC.[K+]. The molecule has 0 spiro atoms. The van der Waals surface area contributed by atoms with Gasteiger partial charge >= 0.3 is 63.3 Å². The molecular formula is C34H53KO7S. The summed E-state index contributed by atoms with van der Waals surface area (Å²) >= 11 is 0. The molecule has 0 unspecified atom stereocenters. The van der Waals surface area contributed by atoms with E-state index in [1.165, 1.54) is 89.2 Å². The number of benzene rings is 1. The van der Waals surface area contributed by atoms with Crippen LogP contribution in [0.25, 0.3) is 0 Å². The van der Waals surface area contributed by atoms with Crippen molar-refractivity contribution in [2.75, 3.05) is 13.2 Å². The normalized spacial score (nSPS) is 11.6. The number of hydrogen-bond acceptors (Lipinski definition) is 7. The molecular weight excluding hydrogens is 592 g/mol. The largest absolute Gasteiger partial charge is 1.00 e. The van der Waals surface area contributed by atoms with E-state index in [2.05, 4.69) is 19.9 Å². The fourth-order valence-corrected chi connectivity index (χ4v) is 5.31. The zero-order valence-electron chi connectivity index (χ0n) is 26.9. The third-order valence-electron chi connectivity index (χ3n) is 7.04. The van der Waals surface area contributed by atoms with Crippen molar-refractivity contribution in [3.05, 3.63) is 53.6 Å². The summed E-state index contributed by atoms with van der Waals surface area (Å²) in [6.07, 6.45) is 28.2. The zero-order valence-corrected chi connectivity index (χ0v) is 30.9. The summed E-state index contributed by atoms with van der Waals surface area (Å²) < 4.78 is 46.1. The van der Waals surface area contributed by atoms with Gasteiger partial charge in [-0.15, -0.1) is 0 Å². The van der Waals surface area contributed by atoms with Gasteiger partial charge < -0.3 is 14.0 Å². The molecule has 238 valence electrons. The second kappa shape index (κ2) is 27.5. The number of allylic oxidation sites excluding steroid dienone is 2. The predicted molar refractivity (Wildman–Crippen MR) is 168 cm³/mol. The molecule has 9 heteroatoms. The first-order valence-electron chi connectivity index (χ1n) is 16.1. The fraction of sp³-hybridized carbons (Fsp3) is 0.647. The van der Waals surface area contributed by atoms with Gasteiger partial charge in [0.1, 0.15) is 10.1 Å². The molecule has 0 heterocycles. The number of carbonyl (C=O) groups is 2. The Morgan fingerprint density at radius 2 is 1.07 bits per heavy atom. The summed E-state index contributed by atoms with van der Waals surface area (Å²) in [6, 6.07) is 3.52. The van der Waals surface area contributed by atoms with Crippen molar-refractivity contribution >= 4 is 22.1 Å². The maximum Gasteiger partial charge on any atom is 1.00 e. The predicted octanol–water partition coefficient (Wildman–Crippen LogP) is 6.08. The molecule has 0 N–H and O–H groups in total. The Hall–Kier alpha value is -0.814. The first-order valence-corrected chi connectivity index (χ1v) is 17.5. The van der Waals surface area contributed by atoms with E-state index < -0.39 is 32.5 Å². The minimum absolute atomic E-state index is 0. The number of esters is 2. The van der Waals surface area contributed by atoms with Gasteiger partial charge in [-0.2, -0.15) is 0 Å². The maximum absolute atomic E-state index is 12.8. The molecule has 0 amide bonds. The molecule has 0 aliphatic carbocycles. The summed E-state index contributed by atoms with van der Waals surface area (Å²) in [5.74, 6) is -1.91.